The van der Waals surface area contributed by atoms with Crippen LogP contribution in [0.2, 0.25) is 0 Å². The second-order valence-corrected chi connectivity index (χ2v) is 6.90. The third-order valence-corrected chi connectivity index (χ3v) is 4.94. The Kier molecular flexibility index (Phi) is 3.83. The number of aromatic nitrogens is 3. The Hall–Kier alpha value is -1.64. The Bertz CT molecular complexity index is 702. The summed E-state index contributed by atoms with van der Waals surface area (Å²) in [5.41, 5.74) is 0.643. The van der Waals surface area contributed by atoms with Crippen molar-refractivity contribution >= 4 is 10.0 Å². The van der Waals surface area contributed by atoms with Crippen LogP contribution in [-0.4, -0.2) is 34.4 Å². The maximum absolute atomic E-state index is 12.2. The van der Waals surface area contributed by atoms with Gasteiger partial charge in [0.05, 0.1) is 18.0 Å². The van der Waals surface area contributed by atoms with Crippen molar-refractivity contribution in [2.75, 3.05) is 6.54 Å². The van der Waals surface area contributed by atoms with Gasteiger partial charge in [0.15, 0.2) is 0 Å². The highest BCUT2D eigenvalue weighted by Gasteiger charge is 2.27. The molecule has 2 heterocycles. The van der Waals surface area contributed by atoms with Gasteiger partial charge in [0.2, 0.25) is 10.0 Å². The molecule has 2 N–H and O–H groups in total. The molecule has 1 fully saturated rings. The first-order valence-electron chi connectivity index (χ1n) is 6.89. The van der Waals surface area contributed by atoms with E-state index < -0.39 is 10.0 Å². The van der Waals surface area contributed by atoms with E-state index in [1.807, 2.05) is 4.57 Å². The summed E-state index contributed by atoms with van der Waals surface area (Å²) in [7, 11) is -3.55. The van der Waals surface area contributed by atoms with Gasteiger partial charge in [-0.1, -0.05) is 0 Å². The highest BCUT2D eigenvalue weighted by Crippen LogP contribution is 2.37. The van der Waals surface area contributed by atoms with Crippen LogP contribution in [0.5, 0.6) is 0 Å². The highest BCUT2D eigenvalue weighted by molar-refractivity contribution is 7.89. The number of nitrogens with zero attached hydrogens (tertiary/aromatic N) is 3. The summed E-state index contributed by atoms with van der Waals surface area (Å²) in [6.45, 7) is 0.592. The lowest BCUT2D eigenvalue weighted by Gasteiger charge is -2.05. The van der Waals surface area contributed by atoms with Gasteiger partial charge in [0, 0.05) is 36.9 Å². The molecule has 0 unspecified atom stereocenters. The molecule has 0 aliphatic heterocycles. The van der Waals surface area contributed by atoms with Gasteiger partial charge in [-0.05, 0) is 25.0 Å². The van der Waals surface area contributed by atoms with Crippen molar-refractivity contribution in [1.29, 1.82) is 0 Å². The van der Waals surface area contributed by atoms with E-state index in [1.165, 1.54) is 6.07 Å². The molecule has 0 radical (unpaired) electrons. The van der Waals surface area contributed by atoms with Crippen LogP contribution >= 0.6 is 0 Å². The van der Waals surface area contributed by atoms with E-state index in [2.05, 4.69) is 9.82 Å². The maximum Gasteiger partial charge on any atom is 0.242 e. The third-order valence-electron chi connectivity index (χ3n) is 3.51. The number of hydrogen-bond acceptors (Lipinski definition) is 4. The monoisotopic (exact) mass is 310 g/mol. The smallest absolute Gasteiger partial charge is 0.242 e. The largest absolute Gasteiger partial charge is 0.390 e. The van der Waals surface area contributed by atoms with Gasteiger partial charge in [-0.2, -0.15) is 5.10 Å². The molecule has 0 atom stereocenters. The number of hydrogen-bond donors (Lipinski definition) is 2. The molecule has 21 heavy (non-hydrogen) atoms. The topological polar surface area (TPSA) is 89.2 Å². The predicted octanol–water partition coefficient (Wildman–Crippen LogP) is 0.490. The number of nitrogens with one attached hydrogen (secondary N) is 1. The second kappa shape index (κ2) is 5.63. The summed E-state index contributed by atoms with van der Waals surface area (Å²) in [4.78, 5) is 0.207. The van der Waals surface area contributed by atoms with Crippen LogP contribution in [0.3, 0.4) is 0 Å². The summed E-state index contributed by atoms with van der Waals surface area (Å²) in [5, 5.41) is 13.3. The molecule has 8 heteroatoms. The zero-order valence-electron chi connectivity index (χ0n) is 11.5. The van der Waals surface area contributed by atoms with Crippen molar-refractivity contribution in [2.24, 2.45) is 0 Å². The van der Waals surface area contributed by atoms with Crippen LogP contribution in [0.1, 0.15) is 24.6 Å². The standard InChI is InChI=1S/C13H18N4O3S/c18-10-12-8-13(9-17(12)11-2-3-11)21(19,20)15-5-7-16-6-1-4-14-16/h1,4,6,8-9,11,15,18H,2-3,5,7,10H2. The minimum atomic E-state index is -3.55. The van der Waals surface area contributed by atoms with Gasteiger partial charge in [-0.25, -0.2) is 13.1 Å². The van der Waals surface area contributed by atoms with E-state index in [4.69, 9.17) is 0 Å². The van der Waals surface area contributed by atoms with E-state index >= 15 is 0 Å². The summed E-state index contributed by atoms with van der Waals surface area (Å²) in [6, 6.07) is 3.66. The Morgan fingerprint density at radius 2 is 2.24 bits per heavy atom. The number of aliphatic hydroxyl groups is 1. The lowest BCUT2D eigenvalue weighted by molar-refractivity contribution is 0.270. The zero-order valence-corrected chi connectivity index (χ0v) is 12.3. The maximum atomic E-state index is 12.2. The summed E-state index contributed by atoms with van der Waals surface area (Å²) < 4.78 is 30.6. The van der Waals surface area contributed by atoms with Crippen LogP contribution < -0.4 is 4.72 Å². The molecule has 0 bridgehead atoms. The fraction of sp³-hybridized carbons (Fsp3) is 0.462. The Morgan fingerprint density at radius 3 is 2.86 bits per heavy atom. The van der Waals surface area contributed by atoms with Gasteiger partial charge >= 0.3 is 0 Å². The zero-order chi connectivity index (χ0) is 14.9. The first-order valence-corrected chi connectivity index (χ1v) is 8.37. The molecule has 2 aromatic rings. The fourth-order valence-electron chi connectivity index (χ4n) is 2.27. The van der Waals surface area contributed by atoms with E-state index in [1.54, 1.807) is 29.3 Å². The highest BCUT2D eigenvalue weighted by atomic mass is 32.2. The van der Waals surface area contributed by atoms with Crippen molar-refractivity contribution in [1.82, 2.24) is 19.1 Å². The molecule has 3 rings (SSSR count). The van der Waals surface area contributed by atoms with Crippen LogP contribution in [-0.2, 0) is 23.2 Å². The number of aliphatic hydroxyl groups excluding tert-OH is 1. The van der Waals surface area contributed by atoms with E-state index in [-0.39, 0.29) is 18.0 Å². The van der Waals surface area contributed by atoms with Crippen molar-refractivity contribution in [2.45, 2.75) is 36.9 Å². The van der Waals surface area contributed by atoms with Crippen molar-refractivity contribution in [3.63, 3.8) is 0 Å². The Labute approximate surface area is 123 Å². The minimum absolute atomic E-state index is 0.153. The average Bonchev–Trinajstić information content (AvgIpc) is 3.00. The summed E-state index contributed by atoms with van der Waals surface area (Å²) in [6.07, 6.45) is 7.11. The van der Waals surface area contributed by atoms with Gasteiger partial charge in [-0.15, -0.1) is 0 Å². The van der Waals surface area contributed by atoms with E-state index in [9.17, 15) is 13.5 Å². The Morgan fingerprint density at radius 1 is 1.43 bits per heavy atom. The minimum Gasteiger partial charge on any atom is -0.390 e. The molecule has 1 aliphatic rings. The average molecular weight is 310 g/mol. The quantitative estimate of drug-likeness (QED) is 0.779. The Balaban J connectivity index is 1.69. The molecule has 114 valence electrons. The molecule has 1 aliphatic carbocycles. The molecular weight excluding hydrogens is 292 g/mol. The third kappa shape index (κ3) is 3.17. The van der Waals surface area contributed by atoms with Crippen molar-refractivity contribution in [3.8, 4) is 0 Å². The number of sulfonamides is 1. The van der Waals surface area contributed by atoms with E-state index in [0.717, 1.165) is 12.8 Å². The first kappa shape index (κ1) is 14.3. The second-order valence-electron chi connectivity index (χ2n) is 5.13. The summed E-state index contributed by atoms with van der Waals surface area (Å²) in [5.74, 6) is 0. The van der Waals surface area contributed by atoms with E-state index in [0.29, 0.717) is 18.3 Å². The molecule has 0 amide bonds. The number of rotatable bonds is 7. The molecule has 0 aromatic carbocycles. The summed E-state index contributed by atoms with van der Waals surface area (Å²) >= 11 is 0. The van der Waals surface area contributed by atoms with Crippen LogP contribution in [0, 0.1) is 0 Å². The lowest BCUT2D eigenvalue weighted by Crippen LogP contribution is -2.27. The van der Waals surface area contributed by atoms with Crippen molar-refractivity contribution in [3.05, 3.63) is 36.4 Å². The predicted molar refractivity (Wildman–Crippen MR) is 76.0 cm³/mol. The lowest BCUT2D eigenvalue weighted by atomic mass is 10.4. The normalized spacial score (nSPS) is 15.5. The molecule has 1 saturated carbocycles. The molecule has 2 aromatic heterocycles. The van der Waals surface area contributed by atoms with Gasteiger partial charge in [0.1, 0.15) is 0 Å². The molecule has 0 spiro atoms. The molecule has 7 nitrogen and oxygen atoms in total. The van der Waals surface area contributed by atoms with Gasteiger partial charge < -0.3 is 9.67 Å². The SMILES string of the molecule is O=S(=O)(NCCn1cccn1)c1cc(CO)n(C2CC2)c1. The van der Waals surface area contributed by atoms with Crippen LogP contribution in [0.4, 0.5) is 0 Å². The van der Waals surface area contributed by atoms with Crippen LogP contribution in [0.15, 0.2) is 35.6 Å². The first-order chi connectivity index (χ1) is 10.1. The molecule has 0 saturated heterocycles. The molecular formula is C13H18N4O3S. The van der Waals surface area contributed by atoms with Gasteiger partial charge in [-0.3, -0.25) is 4.68 Å². The van der Waals surface area contributed by atoms with Gasteiger partial charge in [0.25, 0.3) is 0 Å². The van der Waals surface area contributed by atoms with Crippen molar-refractivity contribution < 1.29 is 13.5 Å². The fourth-order valence-corrected chi connectivity index (χ4v) is 3.34. The van der Waals surface area contributed by atoms with Crippen LogP contribution in [0.25, 0.3) is 0 Å².